The van der Waals surface area contributed by atoms with Crippen molar-refractivity contribution in [3.63, 3.8) is 0 Å². The zero-order valence-electron chi connectivity index (χ0n) is 28.0. The van der Waals surface area contributed by atoms with Gasteiger partial charge >= 0.3 is 0 Å². The summed E-state index contributed by atoms with van der Waals surface area (Å²) in [5.41, 5.74) is 4.00. The minimum atomic E-state index is -0.180. The number of carbonyl (C=O) groups is 2. The number of hydrogen-bond donors (Lipinski definition) is 1. The molecule has 0 radical (unpaired) electrons. The number of aryl methyl sites for hydroxylation is 1. The number of hydrogen-bond acceptors (Lipinski definition) is 9. The third kappa shape index (κ3) is 6.78. The van der Waals surface area contributed by atoms with Gasteiger partial charge in [0.1, 0.15) is 17.2 Å². The Morgan fingerprint density at radius 3 is 2.62 bits per heavy atom. The van der Waals surface area contributed by atoms with Crippen LogP contribution in [0.1, 0.15) is 47.8 Å². The molecular formula is C35H45N7O5. The van der Waals surface area contributed by atoms with Crippen molar-refractivity contribution in [2.24, 2.45) is 5.92 Å². The Morgan fingerprint density at radius 1 is 1.02 bits per heavy atom. The Morgan fingerprint density at radius 2 is 1.85 bits per heavy atom. The summed E-state index contributed by atoms with van der Waals surface area (Å²) in [7, 11) is 4.84. The predicted molar refractivity (Wildman–Crippen MR) is 181 cm³/mol. The number of imidazole rings is 1. The fourth-order valence-electron chi connectivity index (χ4n) is 6.74. The van der Waals surface area contributed by atoms with Gasteiger partial charge in [-0.2, -0.15) is 0 Å². The maximum absolute atomic E-state index is 13.9. The second-order valence-electron chi connectivity index (χ2n) is 12.4. The van der Waals surface area contributed by atoms with E-state index in [1.54, 1.807) is 32.4 Å². The lowest BCUT2D eigenvalue weighted by atomic mass is 9.97. The molecule has 0 aliphatic carbocycles. The number of nitrogens with zero attached hydrogens (tertiary/aromatic N) is 6. The molecule has 2 aliphatic rings. The number of amides is 2. The van der Waals surface area contributed by atoms with E-state index in [1.165, 1.54) is 0 Å². The van der Waals surface area contributed by atoms with Gasteiger partial charge in [0.15, 0.2) is 11.5 Å². The average Bonchev–Trinajstić information content (AvgIpc) is 3.51. The molecule has 4 aromatic rings. The Labute approximate surface area is 275 Å². The molecule has 0 saturated carbocycles. The molecule has 2 amide bonds. The van der Waals surface area contributed by atoms with Crippen LogP contribution in [0.15, 0.2) is 36.7 Å². The molecule has 1 unspecified atom stereocenters. The van der Waals surface area contributed by atoms with Gasteiger partial charge < -0.3 is 33.7 Å². The number of aromatic nitrogens is 3. The highest BCUT2D eigenvalue weighted by atomic mass is 16.5. The van der Waals surface area contributed by atoms with E-state index in [0.29, 0.717) is 55.7 Å². The first kappa shape index (κ1) is 32.4. The molecule has 2 bridgehead atoms. The lowest BCUT2D eigenvalue weighted by Crippen LogP contribution is -2.42. The molecule has 1 aromatic carbocycles. The first-order chi connectivity index (χ1) is 22.8. The van der Waals surface area contributed by atoms with Crippen molar-refractivity contribution in [1.29, 1.82) is 0 Å². The van der Waals surface area contributed by atoms with E-state index < -0.39 is 0 Å². The summed E-state index contributed by atoms with van der Waals surface area (Å²) in [5, 5.41) is 3.99. The van der Waals surface area contributed by atoms with E-state index in [2.05, 4.69) is 33.1 Å². The van der Waals surface area contributed by atoms with Gasteiger partial charge in [-0.1, -0.05) is 6.92 Å². The van der Waals surface area contributed by atoms with Crippen molar-refractivity contribution in [1.82, 2.24) is 29.5 Å². The number of rotatable bonds is 5. The number of likely N-dealkylation sites (N-methyl/N-ethyl adjacent to an activating group) is 1. The molecule has 3 aromatic heterocycles. The molecule has 47 heavy (non-hydrogen) atoms. The minimum Gasteiger partial charge on any atom is -0.493 e. The summed E-state index contributed by atoms with van der Waals surface area (Å²) in [6.45, 7) is 9.14. The minimum absolute atomic E-state index is 0.0505. The van der Waals surface area contributed by atoms with Crippen LogP contribution in [0.2, 0.25) is 0 Å². The van der Waals surface area contributed by atoms with E-state index in [9.17, 15) is 9.59 Å². The first-order valence-corrected chi connectivity index (χ1v) is 16.4. The maximum atomic E-state index is 13.9. The normalized spacial score (nSPS) is 18.3. The Balaban J connectivity index is 1.37. The molecule has 1 atom stereocenters. The molecule has 5 heterocycles. The zero-order chi connectivity index (χ0) is 33.1. The van der Waals surface area contributed by atoms with Gasteiger partial charge in [0, 0.05) is 81.6 Å². The van der Waals surface area contributed by atoms with Crippen molar-refractivity contribution in [2.75, 3.05) is 72.0 Å². The van der Waals surface area contributed by atoms with E-state index in [-0.39, 0.29) is 24.2 Å². The third-order valence-electron chi connectivity index (χ3n) is 9.34. The van der Waals surface area contributed by atoms with Gasteiger partial charge in [-0.25, -0.2) is 9.97 Å². The van der Waals surface area contributed by atoms with Gasteiger partial charge in [-0.3, -0.25) is 14.5 Å². The van der Waals surface area contributed by atoms with Crippen molar-refractivity contribution < 1.29 is 23.8 Å². The summed E-state index contributed by atoms with van der Waals surface area (Å²) in [6.07, 6.45) is 5.94. The molecule has 6 rings (SSSR count). The fraction of sp³-hybridized carbons (Fsp3) is 0.486. The van der Waals surface area contributed by atoms with Crippen molar-refractivity contribution in [2.45, 2.75) is 39.7 Å². The van der Waals surface area contributed by atoms with E-state index in [0.717, 1.165) is 66.0 Å². The lowest BCUT2D eigenvalue weighted by Gasteiger charge is -2.35. The number of anilines is 1. The second-order valence-corrected chi connectivity index (χ2v) is 12.4. The van der Waals surface area contributed by atoms with E-state index in [1.807, 2.05) is 35.7 Å². The first-order valence-electron chi connectivity index (χ1n) is 16.4. The number of ether oxygens (including phenoxy) is 3. The van der Waals surface area contributed by atoms with Crippen molar-refractivity contribution in [3.8, 4) is 17.2 Å². The zero-order valence-corrected chi connectivity index (χ0v) is 28.0. The van der Waals surface area contributed by atoms with Gasteiger partial charge in [-0.05, 0) is 56.0 Å². The van der Waals surface area contributed by atoms with Crippen molar-refractivity contribution >= 4 is 34.2 Å². The summed E-state index contributed by atoms with van der Waals surface area (Å²) in [4.78, 5) is 43.2. The van der Waals surface area contributed by atoms with Crippen LogP contribution in [0.4, 0.5) is 5.82 Å². The smallest absolute Gasteiger partial charge is 0.274 e. The SMILES string of the molecule is CCN1CCN(C(=O)c2cn3ccc(C)cc3n2)CCC(=O)NCC2CCCN(C2)c2nc3cc(OC)c(OC)c(OC)c3cc2C1. The molecular weight excluding hydrogens is 598 g/mol. The van der Waals surface area contributed by atoms with Gasteiger partial charge in [0.2, 0.25) is 11.7 Å². The number of fused-ring (bicyclic) bond motifs is 6. The van der Waals surface area contributed by atoms with Crippen LogP contribution in [-0.2, 0) is 11.3 Å². The quantitative estimate of drug-likeness (QED) is 0.346. The number of nitrogens with one attached hydrogen (secondary N) is 1. The summed E-state index contributed by atoms with van der Waals surface area (Å²) in [5.74, 6) is 2.63. The monoisotopic (exact) mass is 643 g/mol. The molecule has 1 fully saturated rings. The Bertz CT molecular complexity index is 1770. The molecule has 12 nitrogen and oxygen atoms in total. The number of benzene rings is 1. The van der Waals surface area contributed by atoms with Crippen LogP contribution in [0, 0.1) is 12.8 Å². The molecule has 1 N–H and O–H groups in total. The maximum Gasteiger partial charge on any atom is 0.274 e. The fourth-order valence-corrected chi connectivity index (χ4v) is 6.74. The third-order valence-corrected chi connectivity index (χ3v) is 9.34. The van der Waals surface area contributed by atoms with Crippen molar-refractivity contribution in [3.05, 3.63) is 53.5 Å². The molecule has 12 heteroatoms. The molecule has 0 spiro atoms. The highest BCUT2D eigenvalue weighted by Crippen LogP contribution is 2.44. The highest BCUT2D eigenvalue weighted by molar-refractivity contribution is 5.94. The number of carbonyl (C=O) groups excluding carboxylic acids is 2. The Kier molecular flexibility index (Phi) is 9.67. The summed E-state index contributed by atoms with van der Waals surface area (Å²) in [6, 6.07) is 8.00. The van der Waals surface area contributed by atoms with Gasteiger partial charge in [0.05, 0.1) is 26.8 Å². The van der Waals surface area contributed by atoms with Crippen LogP contribution in [0.3, 0.4) is 0 Å². The van der Waals surface area contributed by atoms with Gasteiger partial charge in [-0.15, -0.1) is 0 Å². The topological polar surface area (TPSA) is 114 Å². The standard InChI is InChI=1S/C35H45N7O5/c1-6-39-14-15-40(35(44)28-22-41-12-9-23(2)16-30(41)37-28)13-10-31(43)36-19-24-8-7-11-42(20-24)34-25(21-39)17-26-27(38-34)18-29(45-3)33(47-5)32(26)46-4/h9,12,16-18,22,24H,6-8,10-11,13-15,19-21H2,1-5H3,(H,36,43). The second kappa shape index (κ2) is 14.0. The summed E-state index contributed by atoms with van der Waals surface area (Å²) < 4.78 is 19.1. The lowest BCUT2D eigenvalue weighted by molar-refractivity contribution is -0.121. The molecule has 1 saturated heterocycles. The van der Waals surface area contributed by atoms with E-state index >= 15 is 0 Å². The predicted octanol–water partition coefficient (Wildman–Crippen LogP) is 3.92. The molecule has 2 aliphatic heterocycles. The van der Waals surface area contributed by atoms with Crippen LogP contribution >= 0.6 is 0 Å². The number of pyridine rings is 2. The molecule has 250 valence electrons. The highest BCUT2D eigenvalue weighted by Gasteiger charge is 2.28. The Hall–Kier alpha value is -4.58. The van der Waals surface area contributed by atoms with Crippen LogP contribution in [0.5, 0.6) is 17.2 Å². The summed E-state index contributed by atoms with van der Waals surface area (Å²) >= 11 is 0. The number of piperidine rings is 1. The average molecular weight is 644 g/mol. The van der Waals surface area contributed by atoms with Crippen LogP contribution < -0.4 is 24.4 Å². The van der Waals surface area contributed by atoms with E-state index in [4.69, 9.17) is 19.2 Å². The van der Waals surface area contributed by atoms with Gasteiger partial charge in [0.25, 0.3) is 5.91 Å². The van der Waals surface area contributed by atoms with Crippen LogP contribution in [0.25, 0.3) is 16.6 Å². The van der Waals surface area contributed by atoms with Crippen LogP contribution in [-0.4, -0.2) is 103 Å². The number of methoxy groups -OCH3 is 3. The largest absolute Gasteiger partial charge is 0.493 e.